The Bertz CT molecular complexity index is 537. The van der Waals surface area contributed by atoms with E-state index >= 15 is 0 Å². The minimum Gasteiger partial charge on any atom is -0.366 e. The van der Waals surface area contributed by atoms with Gasteiger partial charge in [-0.25, -0.2) is 0 Å². The molecule has 0 aliphatic heterocycles. The molecule has 0 bridgehead atoms. The SMILES string of the molecule is CCCCCC(C)Nc1nnc(C)c2ccccc12. The fourth-order valence-electron chi connectivity index (χ4n) is 2.35. The highest BCUT2D eigenvalue weighted by atomic mass is 15.2. The van der Waals surface area contributed by atoms with Crippen molar-refractivity contribution < 1.29 is 0 Å². The molecule has 3 heteroatoms. The summed E-state index contributed by atoms with van der Waals surface area (Å²) in [4.78, 5) is 0. The van der Waals surface area contributed by atoms with Crippen LogP contribution in [0.15, 0.2) is 24.3 Å². The number of aromatic nitrogens is 2. The molecule has 0 saturated heterocycles. The molecule has 0 aliphatic rings. The molecule has 0 amide bonds. The quantitative estimate of drug-likeness (QED) is 0.783. The van der Waals surface area contributed by atoms with E-state index in [-0.39, 0.29) is 0 Å². The molecule has 102 valence electrons. The van der Waals surface area contributed by atoms with Crippen molar-refractivity contribution in [2.45, 2.75) is 52.5 Å². The highest BCUT2D eigenvalue weighted by Gasteiger charge is 2.08. The highest BCUT2D eigenvalue weighted by Crippen LogP contribution is 2.23. The van der Waals surface area contributed by atoms with Crippen LogP contribution >= 0.6 is 0 Å². The van der Waals surface area contributed by atoms with Gasteiger partial charge in [0.05, 0.1) is 5.69 Å². The van der Waals surface area contributed by atoms with Gasteiger partial charge in [-0.15, -0.1) is 5.10 Å². The van der Waals surface area contributed by atoms with E-state index in [4.69, 9.17) is 0 Å². The monoisotopic (exact) mass is 257 g/mol. The highest BCUT2D eigenvalue weighted by molar-refractivity contribution is 5.92. The van der Waals surface area contributed by atoms with E-state index in [0.717, 1.165) is 16.9 Å². The predicted octanol–water partition coefficient (Wildman–Crippen LogP) is 4.32. The second kappa shape index (κ2) is 6.50. The van der Waals surface area contributed by atoms with Crippen molar-refractivity contribution in [1.29, 1.82) is 0 Å². The number of aryl methyl sites for hydroxylation is 1. The average Bonchev–Trinajstić information content (AvgIpc) is 2.43. The number of nitrogens with one attached hydrogen (secondary N) is 1. The summed E-state index contributed by atoms with van der Waals surface area (Å²) in [5.41, 5.74) is 0.986. The molecule has 1 atom stereocenters. The van der Waals surface area contributed by atoms with Crippen molar-refractivity contribution in [2.75, 3.05) is 5.32 Å². The van der Waals surface area contributed by atoms with Gasteiger partial charge in [0.2, 0.25) is 0 Å². The third-order valence-electron chi connectivity index (χ3n) is 3.50. The normalized spacial score (nSPS) is 12.6. The summed E-state index contributed by atoms with van der Waals surface area (Å²) in [5, 5.41) is 14.4. The first-order valence-corrected chi connectivity index (χ1v) is 7.21. The van der Waals surface area contributed by atoms with Crippen molar-refractivity contribution in [3.8, 4) is 0 Å². The third kappa shape index (κ3) is 3.43. The number of hydrogen-bond acceptors (Lipinski definition) is 3. The van der Waals surface area contributed by atoms with E-state index in [0.29, 0.717) is 6.04 Å². The maximum atomic E-state index is 4.31. The molecule has 19 heavy (non-hydrogen) atoms. The third-order valence-corrected chi connectivity index (χ3v) is 3.50. The molecule has 1 unspecified atom stereocenters. The van der Waals surface area contributed by atoms with Gasteiger partial charge in [0.1, 0.15) is 0 Å². The van der Waals surface area contributed by atoms with Crippen LogP contribution in [0.1, 0.15) is 45.2 Å². The second-order valence-electron chi connectivity index (χ2n) is 5.22. The largest absolute Gasteiger partial charge is 0.366 e. The van der Waals surface area contributed by atoms with Crippen LogP contribution < -0.4 is 5.32 Å². The van der Waals surface area contributed by atoms with Crippen molar-refractivity contribution in [3.63, 3.8) is 0 Å². The van der Waals surface area contributed by atoms with Gasteiger partial charge in [-0.3, -0.25) is 0 Å². The van der Waals surface area contributed by atoms with E-state index < -0.39 is 0 Å². The average molecular weight is 257 g/mol. The molecular weight excluding hydrogens is 234 g/mol. The first-order valence-electron chi connectivity index (χ1n) is 7.21. The molecule has 1 heterocycles. The molecule has 2 aromatic rings. The van der Waals surface area contributed by atoms with Gasteiger partial charge >= 0.3 is 0 Å². The molecule has 0 saturated carbocycles. The van der Waals surface area contributed by atoms with Gasteiger partial charge in [0.15, 0.2) is 5.82 Å². The summed E-state index contributed by atoms with van der Waals surface area (Å²) in [6, 6.07) is 8.75. The van der Waals surface area contributed by atoms with Crippen LogP contribution in [-0.4, -0.2) is 16.2 Å². The zero-order valence-corrected chi connectivity index (χ0v) is 12.1. The molecule has 1 aromatic carbocycles. The van der Waals surface area contributed by atoms with Gasteiger partial charge in [-0.05, 0) is 20.3 Å². The van der Waals surface area contributed by atoms with Gasteiger partial charge in [0, 0.05) is 16.8 Å². The summed E-state index contributed by atoms with van der Waals surface area (Å²) in [6.07, 6.45) is 5.01. The summed E-state index contributed by atoms with van der Waals surface area (Å²) >= 11 is 0. The van der Waals surface area contributed by atoms with Gasteiger partial charge in [-0.2, -0.15) is 5.10 Å². The van der Waals surface area contributed by atoms with Crippen molar-refractivity contribution in [3.05, 3.63) is 30.0 Å². The predicted molar refractivity (Wildman–Crippen MR) is 81.5 cm³/mol. The lowest BCUT2D eigenvalue weighted by Crippen LogP contribution is -2.16. The topological polar surface area (TPSA) is 37.8 Å². The zero-order chi connectivity index (χ0) is 13.7. The van der Waals surface area contributed by atoms with Crippen molar-refractivity contribution in [2.24, 2.45) is 0 Å². The first kappa shape index (κ1) is 13.8. The van der Waals surface area contributed by atoms with Gasteiger partial charge in [-0.1, -0.05) is 50.5 Å². The number of rotatable bonds is 6. The minimum absolute atomic E-state index is 0.437. The first-order chi connectivity index (χ1) is 9.22. The Morgan fingerprint density at radius 3 is 2.58 bits per heavy atom. The summed E-state index contributed by atoms with van der Waals surface area (Å²) < 4.78 is 0. The second-order valence-corrected chi connectivity index (χ2v) is 5.22. The Morgan fingerprint density at radius 1 is 1.11 bits per heavy atom. The minimum atomic E-state index is 0.437. The van der Waals surface area contributed by atoms with E-state index in [2.05, 4.69) is 47.6 Å². The molecule has 0 spiro atoms. The van der Waals surface area contributed by atoms with Crippen LogP contribution in [0.4, 0.5) is 5.82 Å². The van der Waals surface area contributed by atoms with Crippen LogP contribution in [0.3, 0.4) is 0 Å². The van der Waals surface area contributed by atoms with E-state index in [9.17, 15) is 0 Å². The van der Waals surface area contributed by atoms with Gasteiger partial charge < -0.3 is 5.32 Å². The molecule has 0 radical (unpaired) electrons. The number of unbranched alkanes of at least 4 members (excludes halogenated alkanes) is 2. The lowest BCUT2D eigenvalue weighted by molar-refractivity contribution is 0.613. The van der Waals surface area contributed by atoms with Crippen LogP contribution in [0, 0.1) is 6.92 Å². The summed E-state index contributed by atoms with van der Waals surface area (Å²) in [5.74, 6) is 0.908. The number of anilines is 1. The molecular formula is C16H23N3. The Hall–Kier alpha value is -1.64. The van der Waals surface area contributed by atoms with E-state index in [1.165, 1.54) is 31.1 Å². The fraction of sp³-hybridized carbons (Fsp3) is 0.500. The summed E-state index contributed by atoms with van der Waals surface area (Å²) in [6.45, 7) is 6.45. The van der Waals surface area contributed by atoms with Crippen LogP contribution in [0.2, 0.25) is 0 Å². The smallest absolute Gasteiger partial charge is 0.156 e. The number of benzene rings is 1. The van der Waals surface area contributed by atoms with Crippen LogP contribution in [-0.2, 0) is 0 Å². The Labute approximate surface area is 115 Å². The van der Waals surface area contributed by atoms with E-state index in [1.807, 2.05) is 13.0 Å². The Morgan fingerprint density at radius 2 is 1.84 bits per heavy atom. The Balaban J connectivity index is 2.14. The number of hydrogen-bond donors (Lipinski definition) is 1. The van der Waals surface area contributed by atoms with Crippen LogP contribution in [0.5, 0.6) is 0 Å². The molecule has 2 rings (SSSR count). The standard InChI is InChI=1S/C16H23N3/c1-4-5-6-9-12(2)17-16-15-11-8-7-10-14(15)13(3)18-19-16/h7-8,10-12H,4-6,9H2,1-3H3,(H,17,19). The molecule has 1 N–H and O–H groups in total. The van der Waals surface area contributed by atoms with Crippen LogP contribution in [0.25, 0.3) is 10.8 Å². The fourth-order valence-corrected chi connectivity index (χ4v) is 2.35. The molecule has 0 fully saturated rings. The lowest BCUT2D eigenvalue weighted by atomic mass is 10.1. The molecule has 3 nitrogen and oxygen atoms in total. The Kier molecular flexibility index (Phi) is 4.72. The molecule has 0 aliphatic carbocycles. The number of nitrogens with zero attached hydrogens (tertiary/aromatic N) is 2. The summed E-state index contributed by atoms with van der Waals surface area (Å²) in [7, 11) is 0. The van der Waals surface area contributed by atoms with Gasteiger partial charge in [0.25, 0.3) is 0 Å². The van der Waals surface area contributed by atoms with E-state index in [1.54, 1.807) is 0 Å². The maximum absolute atomic E-state index is 4.31. The maximum Gasteiger partial charge on any atom is 0.156 e. The van der Waals surface area contributed by atoms with Crippen molar-refractivity contribution in [1.82, 2.24) is 10.2 Å². The lowest BCUT2D eigenvalue weighted by Gasteiger charge is -2.15. The zero-order valence-electron chi connectivity index (χ0n) is 12.1. The number of fused-ring (bicyclic) bond motifs is 1. The molecule has 1 aromatic heterocycles. The van der Waals surface area contributed by atoms with Crippen molar-refractivity contribution >= 4 is 16.6 Å².